The molecule has 1 aromatic rings. The largest absolute Gasteiger partial charge is 0.389 e. The fourth-order valence-electron chi connectivity index (χ4n) is 2.38. The summed E-state index contributed by atoms with van der Waals surface area (Å²) in [6, 6.07) is 7.10. The molecule has 1 aliphatic rings. The minimum absolute atomic E-state index is 0.298. The molecule has 94 valence electrons. The summed E-state index contributed by atoms with van der Waals surface area (Å²) in [5, 5.41) is 13.1. The molecule has 2 rings (SSSR count). The summed E-state index contributed by atoms with van der Waals surface area (Å²) in [6.45, 7) is 6.43. The van der Waals surface area contributed by atoms with Gasteiger partial charge in [-0.15, -0.1) is 0 Å². The van der Waals surface area contributed by atoms with Gasteiger partial charge in [-0.05, 0) is 56.7 Å². The fourth-order valence-corrected chi connectivity index (χ4v) is 2.38. The molecule has 0 aromatic heterocycles. The maximum Gasteiger partial charge on any atom is 0.0715 e. The van der Waals surface area contributed by atoms with Gasteiger partial charge in [0.05, 0.1) is 5.60 Å². The summed E-state index contributed by atoms with van der Waals surface area (Å²) in [7, 11) is 0. The molecule has 0 fully saturated rings. The topological polar surface area (TPSA) is 32.3 Å². The average molecular weight is 233 g/mol. The summed E-state index contributed by atoms with van der Waals surface area (Å²) >= 11 is 0. The molecule has 2 nitrogen and oxygen atoms in total. The third-order valence-electron chi connectivity index (χ3n) is 3.46. The van der Waals surface area contributed by atoms with Gasteiger partial charge in [0.15, 0.2) is 0 Å². The number of aryl methyl sites for hydroxylation is 2. The Labute approximate surface area is 104 Å². The van der Waals surface area contributed by atoms with E-state index >= 15 is 0 Å². The second-order valence-corrected chi connectivity index (χ2v) is 5.80. The molecule has 0 bridgehead atoms. The van der Waals surface area contributed by atoms with E-state index in [0.717, 1.165) is 0 Å². The van der Waals surface area contributed by atoms with E-state index in [1.807, 2.05) is 13.8 Å². The zero-order valence-electron chi connectivity index (χ0n) is 11.1. The van der Waals surface area contributed by atoms with Gasteiger partial charge in [0.25, 0.3) is 0 Å². The number of aliphatic hydroxyl groups is 1. The van der Waals surface area contributed by atoms with Crippen LogP contribution in [0.1, 0.15) is 49.9 Å². The van der Waals surface area contributed by atoms with Gasteiger partial charge in [0.1, 0.15) is 0 Å². The van der Waals surface area contributed by atoms with Gasteiger partial charge in [0, 0.05) is 12.6 Å². The maximum absolute atomic E-state index is 9.71. The van der Waals surface area contributed by atoms with Crippen LogP contribution in [-0.4, -0.2) is 17.3 Å². The molecule has 0 aliphatic heterocycles. The van der Waals surface area contributed by atoms with Crippen LogP contribution < -0.4 is 5.32 Å². The molecule has 0 saturated carbocycles. The summed E-state index contributed by atoms with van der Waals surface area (Å²) in [5.74, 6) is 0. The van der Waals surface area contributed by atoms with Crippen molar-refractivity contribution in [3.8, 4) is 0 Å². The normalized spacial score (nSPS) is 16.9. The molecule has 2 heteroatoms. The monoisotopic (exact) mass is 233 g/mol. The molecule has 0 spiro atoms. The van der Waals surface area contributed by atoms with E-state index in [-0.39, 0.29) is 0 Å². The predicted molar refractivity (Wildman–Crippen MR) is 71.2 cm³/mol. The molecule has 1 atom stereocenters. The van der Waals surface area contributed by atoms with Gasteiger partial charge in [0.2, 0.25) is 0 Å². The van der Waals surface area contributed by atoms with Crippen LogP contribution in [0.5, 0.6) is 0 Å². The van der Waals surface area contributed by atoms with Gasteiger partial charge in [-0.25, -0.2) is 0 Å². The fraction of sp³-hybridized carbons (Fsp3) is 0.600. The van der Waals surface area contributed by atoms with Crippen molar-refractivity contribution in [3.05, 3.63) is 34.9 Å². The van der Waals surface area contributed by atoms with Crippen molar-refractivity contribution in [2.45, 2.75) is 51.7 Å². The Morgan fingerprint density at radius 3 is 2.71 bits per heavy atom. The van der Waals surface area contributed by atoms with E-state index in [2.05, 4.69) is 30.4 Å². The Balaban J connectivity index is 2.02. The Hall–Kier alpha value is -0.860. The van der Waals surface area contributed by atoms with Crippen LogP contribution in [0, 0.1) is 0 Å². The Morgan fingerprint density at radius 1 is 1.29 bits per heavy atom. The first-order valence-corrected chi connectivity index (χ1v) is 6.53. The van der Waals surface area contributed by atoms with Crippen molar-refractivity contribution in [1.29, 1.82) is 0 Å². The molecular formula is C15H23NO. The van der Waals surface area contributed by atoms with Crippen LogP contribution in [0.15, 0.2) is 18.2 Å². The Bertz CT molecular complexity index is 392. The second kappa shape index (κ2) is 4.79. The lowest BCUT2D eigenvalue weighted by atomic mass is 10.0. The first-order chi connectivity index (χ1) is 7.96. The van der Waals surface area contributed by atoms with Crippen LogP contribution in [0.4, 0.5) is 0 Å². The molecule has 0 heterocycles. The highest BCUT2D eigenvalue weighted by Gasteiger charge is 2.16. The van der Waals surface area contributed by atoms with Crippen molar-refractivity contribution in [1.82, 2.24) is 5.32 Å². The highest BCUT2D eigenvalue weighted by Crippen LogP contribution is 2.25. The van der Waals surface area contributed by atoms with E-state index in [4.69, 9.17) is 0 Å². The zero-order chi connectivity index (χ0) is 12.5. The van der Waals surface area contributed by atoms with E-state index < -0.39 is 5.60 Å². The number of nitrogens with one attached hydrogen (secondary N) is 1. The second-order valence-electron chi connectivity index (χ2n) is 5.80. The molecule has 1 aliphatic carbocycles. The SMILES string of the molecule is CC(NCC(C)(C)O)c1ccc2c(c1)CCC2. The molecule has 0 amide bonds. The summed E-state index contributed by atoms with van der Waals surface area (Å²) in [6.07, 6.45) is 3.76. The Morgan fingerprint density at radius 2 is 2.00 bits per heavy atom. The van der Waals surface area contributed by atoms with Crippen LogP contribution in [-0.2, 0) is 12.8 Å². The number of hydrogen-bond donors (Lipinski definition) is 2. The standard InChI is InChI=1S/C15H23NO/c1-11(16-10-15(2,3)17)13-8-7-12-5-4-6-14(12)9-13/h7-9,11,16-17H,4-6,10H2,1-3H3. The van der Waals surface area contributed by atoms with Gasteiger partial charge < -0.3 is 10.4 Å². The van der Waals surface area contributed by atoms with Crippen LogP contribution in [0.3, 0.4) is 0 Å². The van der Waals surface area contributed by atoms with Crippen molar-refractivity contribution in [2.24, 2.45) is 0 Å². The lowest BCUT2D eigenvalue weighted by molar-refractivity contribution is 0.0770. The molecule has 2 N–H and O–H groups in total. The van der Waals surface area contributed by atoms with Crippen LogP contribution >= 0.6 is 0 Å². The van der Waals surface area contributed by atoms with Crippen molar-refractivity contribution < 1.29 is 5.11 Å². The van der Waals surface area contributed by atoms with Crippen LogP contribution in [0.25, 0.3) is 0 Å². The van der Waals surface area contributed by atoms with E-state index in [0.29, 0.717) is 12.6 Å². The smallest absolute Gasteiger partial charge is 0.0715 e. The molecular weight excluding hydrogens is 210 g/mol. The number of fused-ring (bicyclic) bond motifs is 1. The molecule has 17 heavy (non-hydrogen) atoms. The van der Waals surface area contributed by atoms with Crippen molar-refractivity contribution >= 4 is 0 Å². The highest BCUT2D eigenvalue weighted by molar-refractivity contribution is 5.36. The zero-order valence-corrected chi connectivity index (χ0v) is 11.1. The van der Waals surface area contributed by atoms with E-state index in [1.54, 1.807) is 0 Å². The molecule has 1 aromatic carbocycles. The lowest BCUT2D eigenvalue weighted by Crippen LogP contribution is -2.36. The maximum atomic E-state index is 9.71. The van der Waals surface area contributed by atoms with Gasteiger partial charge in [-0.2, -0.15) is 0 Å². The Kier molecular flexibility index (Phi) is 3.55. The van der Waals surface area contributed by atoms with Gasteiger partial charge >= 0.3 is 0 Å². The summed E-state index contributed by atoms with van der Waals surface area (Å²) < 4.78 is 0. The highest BCUT2D eigenvalue weighted by atomic mass is 16.3. The minimum Gasteiger partial charge on any atom is -0.389 e. The third-order valence-corrected chi connectivity index (χ3v) is 3.46. The van der Waals surface area contributed by atoms with Gasteiger partial charge in [-0.1, -0.05) is 18.2 Å². The number of benzene rings is 1. The predicted octanol–water partition coefficient (Wildman–Crippen LogP) is 2.60. The lowest BCUT2D eigenvalue weighted by Gasteiger charge is -2.22. The number of rotatable bonds is 4. The quantitative estimate of drug-likeness (QED) is 0.838. The van der Waals surface area contributed by atoms with Crippen LogP contribution in [0.2, 0.25) is 0 Å². The number of hydrogen-bond acceptors (Lipinski definition) is 2. The third kappa shape index (κ3) is 3.30. The molecule has 0 saturated heterocycles. The summed E-state index contributed by atoms with van der Waals surface area (Å²) in [4.78, 5) is 0. The van der Waals surface area contributed by atoms with E-state index in [9.17, 15) is 5.11 Å². The molecule has 0 radical (unpaired) electrons. The first-order valence-electron chi connectivity index (χ1n) is 6.53. The molecule has 1 unspecified atom stereocenters. The summed E-state index contributed by atoms with van der Waals surface area (Å²) in [5.41, 5.74) is 3.71. The first kappa shape index (κ1) is 12.6. The van der Waals surface area contributed by atoms with Crippen molar-refractivity contribution in [2.75, 3.05) is 6.54 Å². The van der Waals surface area contributed by atoms with Gasteiger partial charge in [-0.3, -0.25) is 0 Å². The van der Waals surface area contributed by atoms with Crippen molar-refractivity contribution in [3.63, 3.8) is 0 Å². The minimum atomic E-state index is -0.648. The van der Waals surface area contributed by atoms with E-state index in [1.165, 1.54) is 36.0 Å². The average Bonchev–Trinajstić information content (AvgIpc) is 2.71.